The molecule has 1 fully saturated rings. The second kappa shape index (κ2) is 9.99. The number of carbonyl (C=O) groups excluding carboxylic acids is 2. The highest BCUT2D eigenvalue weighted by Gasteiger charge is 2.33. The predicted molar refractivity (Wildman–Crippen MR) is 123 cm³/mol. The van der Waals surface area contributed by atoms with Gasteiger partial charge in [-0.25, -0.2) is 9.50 Å². The molecule has 38 heavy (non-hydrogen) atoms. The Balaban J connectivity index is 1.61. The van der Waals surface area contributed by atoms with Gasteiger partial charge >= 0.3 is 13.2 Å². The summed E-state index contributed by atoms with van der Waals surface area (Å²) in [6.07, 6.45) is 6.12. The molecule has 0 radical (unpaired) electrons. The van der Waals surface area contributed by atoms with Crippen molar-refractivity contribution in [2.45, 2.75) is 25.7 Å². The highest BCUT2D eigenvalue weighted by Crippen LogP contribution is 2.39. The Morgan fingerprint density at radius 3 is 2.68 bits per heavy atom. The summed E-state index contributed by atoms with van der Waals surface area (Å²) in [6.45, 7) is -5.98. The van der Waals surface area contributed by atoms with E-state index in [2.05, 4.69) is 30.0 Å². The second-order valence-corrected chi connectivity index (χ2v) is 8.25. The molecule has 198 valence electrons. The quantitative estimate of drug-likeness (QED) is 0.345. The lowest BCUT2D eigenvalue weighted by Crippen LogP contribution is -2.24. The van der Waals surface area contributed by atoms with Crippen molar-refractivity contribution >= 4 is 23.1 Å². The Bertz CT molecular complexity index is 1510. The summed E-state index contributed by atoms with van der Waals surface area (Å²) in [6, 6.07) is 3.98. The largest absolute Gasteiger partial charge is 0.435 e. The van der Waals surface area contributed by atoms with E-state index in [-0.39, 0.29) is 39.8 Å². The van der Waals surface area contributed by atoms with Gasteiger partial charge in [0.25, 0.3) is 5.91 Å². The van der Waals surface area contributed by atoms with E-state index in [1.54, 1.807) is 19.3 Å². The molecule has 0 unspecified atom stereocenters. The third-order valence-corrected chi connectivity index (χ3v) is 5.87. The number of hydrogen-bond acceptors (Lipinski definition) is 7. The number of likely N-dealkylation sites (tertiary alicyclic amines) is 1. The fraction of sp³-hybridized carbons (Fsp3) is 0.261. The summed E-state index contributed by atoms with van der Waals surface area (Å²) in [4.78, 5) is 31.5. The molecular weight excluding hydrogens is 514 g/mol. The molecule has 1 aromatic carbocycles. The number of likely N-dealkylation sites (N-methyl/N-ethyl adjacent to an activating group) is 1. The average Bonchev–Trinajstić information content (AvgIpc) is 3.57. The Kier molecular flexibility index (Phi) is 6.57. The Morgan fingerprint density at radius 1 is 1.18 bits per heavy atom. The third kappa shape index (κ3) is 4.81. The molecule has 0 bridgehead atoms. The summed E-state index contributed by atoms with van der Waals surface area (Å²) in [5.74, 6) is -1.67. The van der Waals surface area contributed by atoms with Crippen LogP contribution in [0.2, 0.25) is 0 Å². The number of fused-ring (bicyclic) bond motifs is 1. The number of rotatable bonds is 8. The van der Waals surface area contributed by atoms with E-state index in [4.69, 9.17) is 0 Å². The lowest BCUT2D eigenvalue weighted by Gasteiger charge is -2.13. The molecule has 1 aliphatic heterocycles. The maximum Gasteiger partial charge on any atom is 0.387 e. The molecule has 15 heteroatoms. The van der Waals surface area contributed by atoms with E-state index in [1.807, 2.05) is 0 Å². The van der Waals surface area contributed by atoms with Crippen LogP contribution in [0.4, 0.5) is 23.2 Å². The van der Waals surface area contributed by atoms with Crippen molar-refractivity contribution in [1.29, 1.82) is 0 Å². The van der Waals surface area contributed by atoms with Crippen LogP contribution in [-0.4, -0.2) is 67.9 Å². The first-order chi connectivity index (χ1) is 18.2. The molecule has 1 atom stereocenters. The molecule has 4 aromatic rings. The lowest BCUT2D eigenvalue weighted by molar-refractivity contribution is -0.129. The van der Waals surface area contributed by atoms with Crippen molar-refractivity contribution < 1.29 is 36.6 Å². The maximum atomic E-state index is 13.2. The minimum Gasteiger partial charge on any atom is -0.435 e. The van der Waals surface area contributed by atoms with Gasteiger partial charge in [0.05, 0.1) is 23.6 Å². The zero-order valence-corrected chi connectivity index (χ0v) is 19.6. The number of amides is 2. The summed E-state index contributed by atoms with van der Waals surface area (Å²) in [7, 11) is 1.62. The third-order valence-electron chi connectivity index (χ3n) is 5.87. The molecule has 11 nitrogen and oxygen atoms in total. The van der Waals surface area contributed by atoms with Gasteiger partial charge in [0.1, 0.15) is 28.8 Å². The van der Waals surface area contributed by atoms with Gasteiger partial charge in [-0.2, -0.15) is 27.8 Å². The number of aromatic nitrogens is 5. The van der Waals surface area contributed by atoms with Crippen LogP contribution >= 0.6 is 0 Å². The topological polar surface area (TPSA) is 116 Å². The molecule has 5 rings (SSSR count). The van der Waals surface area contributed by atoms with Crippen LogP contribution in [0.15, 0.2) is 49.1 Å². The second-order valence-electron chi connectivity index (χ2n) is 8.25. The summed E-state index contributed by atoms with van der Waals surface area (Å²) in [5.41, 5.74) is 0.0659. The van der Waals surface area contributed by atoms with Crippen molar-refractivity contribution in [1.82, 2.24) is 29.3 Å². The first kappa shape index (κ1) is 25.0. The van der Waals surface area contributed by atoms with Gasteiger partial charge in [-0.15, -0.1) is 0 Å². The number of ether oxygens (including phenoxy) is 2. The zero-order chi connectivity index (χ0) is 27.0. The number of alkyl halides is 4. The Morgan fingerprint density at radius 2 is 1.97 bits per heavy atom. The SMILES string of the molecule is CN1CC[C@@H](n2cc(NC(=O)c3cnn4cccnc34)c(-c3cc(OC(F)F)ccc3OC(F)F)n2)C1=O. The average molecular weight is 533 g/mol. The van der Waals surface area contributed by atoms with Crippen molar-refractivity contribution in [3.05, 3.63) is 54.6 Å². The minimum atomic E-state index is -3.24. The summed E-state index contributed by atoms with van der Waals surface area (Å²) in [5, 5.41) is 11.1. The van der Waals surface area contributed by atoms with Crippen LogP contribution in [0.1, 0.15) is 22.8 Å². The van der Waals surface area contributed by atoms with Gasteiger partial charge in [0.15, 0.2) is 5.65 Å². The zero-order valence-electron chi connectivity index (χ0n) is 19.6. The van der Waals surface area contributed by atoms with Gasteiger partial charge < -0.3 is 19.7 Å². The van der Waals surface area contributed by atoms with E-state index < -0.39 is 30.9 Å². The number of nitrogens with zero attached hydrogens (tertiary/aromatic N) is 6. The number of anilines is 1. The predicted octanol–water partition coefficient (Wildman–Crippen LogP) is 3.45. The highest BCUT2D eigenvalue weighted by molar-refractivity contribution is 6.09. The molecule has 2 amide bonds. The Hall–Kier alpha value is -4.69. The van der Waals surface area contributed by atoms with Gasteiger partial charge in [-0.3, -0.25) is 14.3 Å². The number of hydrogen-bond donors (Lipinski definition) is 1. The van der Waals surface area contributed by atoms with Crippen LogP contribution < -0.4 is 14.8 Å². The van der Waals surface area contributed by atoms with Crippen LogP contribution in [0.5, 0.6) is 11.5 Å². The van der Waals surface area contributed by atoms with Crippen LogP contribution in [-0.2, 0) is 4.79 Å². The molecule has 1 aliphatic rings. The molecular formula is C23H19F4N7O4. The molecule has 1 N–H and O–H groups in total. The van der Waals surface area contributed by atoms with Crippen molar-refractivity contribution in [3.63, 3.8) is 0 Å². The Labute approximate surface area is 211 Å². The normalized spacial score (nSPS) is 15.6. The summed E-state index contributed by atoms with van der Waals surface area (Å²) < 4.78 is 63.8. The van der Waals surface area contributed by atoms with Crippen LogP contribution in [0, 0.1) is 0 Å². The number of halogens is 4. The van der Waals surface area contributed by atoms with Crippen molar-refractivity contribution in [2.24, 2.45) is 0 Å². The van der Waals surface area contributed by atoms with Crippen LogP contribution in [0.25, 0.3) is 16.9 Å². The molecule has 0 spiro atoms. The standard InChI is InChI=1S/C23H19F4N7O4/c1-32-8-5-16(21(32)36)34-11-15(30-20(35)14-10-29-33-7-2-6-28-19(14)33)18(31-34)13-9-12(37-22(24)25)3-4-17(13)38-23(26)27/h2-4,6-7,9-11,16,22-23H,5,8H2,1H3,(H,30,35)/t16-/m1/s1. The van der Waals surface area contributed by atoms with Gasteiger partial charge in [-0.05, 0) is 30.7 Å². The van der Waals surface area contributed by atoms with E-state index in [9.17, 15) is 27.2 Å². The van der Waals surface area contributed by atoms with E-state index >= 15 is 0 Å². The lowest BCUT2D eigenvalue weighted by atomic mass is 10.1. The maximum absolute atomic E-state index is 13.2. The van der Waals surface area contributed by atoms with Gasteiger partial charge in [0, 0.05) is 26.0 Å². The molecule has 3 aromatic heterocycles. The molecule has 4 heterocycles. The molecule has 1 saturated heterocycles. The number of carbonyl (C=O) groups is 2. The van der Waals surface area contributed by atoms with Crippen molar-refractivity contribution in [3.8, 4) is 22.8 Å². The fourth-order valence-corrected chi connectivity index (χ4v) is 4.14. The highest BCUT2D eigenvalue weighted by atomic mass is 19.3. The number of nitrogens with one attached hydrogen (secondary N) is 1. The van der Waals surface area contributed by atoms with E-state index in [1.165, 1.54) is 32.7 Å². The molecule has 0 aliphatic carbocycles. The van der Waals surface area contributed by atoms with Gasteiger partial charge in [-0.1, -0.05) is 0 Å². The van der Waals surface area contributed by atoms with Gasteiger partial charge in [0.2, 0.25) is 5.91 Å². The van der Waals surface area contributed by atoms with Crippen LogP contribution in [0.3, 0.4) is 0 Å². The van der Waals surface area contributed by atoms with E-state index in [0.29, 0.717) is 13.0 Å². The number of benzene rings is 1. The van der Waals surface area contributed by atoms with Crippen molar-refractivity contribution in [2.75, 3.05) is 18.9 Å². The molecule has 0 saturated carbocycles. The first-order valence-corrected chi connectivity index (χ1v) is 11.2. The summed E-state index contributed by atoms with van der Waals surface area (Å²) >= 11 is 0. The smallest absolute Gasteiger partial charge is 0.387 e. The fourth-order valence-electron chi connectivity index (χ4n) is 4.14. The monoisotopic (exact) mass is 533 g/mol. The first-order valence-electron chi connectivity index (χ1n) is 11.2. The minimum absolute atomic E-state index is 0.000877. The van der Waals surface area contributed by atoms with E-state index in [0.717, 1.165) is 18.2 Å².